The number of benzene rings is 2. The number of H-pyrrole nitrogens is 1. The number of carbonyl (C=O) groups is 2. The molecule has 132 valence electrons. The minimum absolute atomic E-state index is 0.188. The molecule has 0 radical (unpaired) electrons. The third kappa shape index (κ3) is 2.83. The summed E-state index contributed by atoms with van der Waals surface area (Å²) in [6.45, 7) is 0.403. The zero-order valence-electron chi connectivity index (χ0n) is 14.0. The fourth-order valence-electron chi connectivity index (χ4n) is 2.85. The number of fused-ring (bicyclic) bond motifs is 2. The molecule has 26 heavy (non-hydrogen) atoms. The number of aromatic amines is 1. The van der Waals surface area contributed by atoms with Gasteiger partial charge < -0.3 is 24.5 Å². The second kappa shape index (κ2) is 6.44. The molecule has 0 fully saturated rings. The maximum Gasteiger partial charge on any atom is 0.292 e. The molecule has 0 bridgehead atoms. The lowest BCUT2D eigenvalue weighted by Gasteiger charge is -2.06. The minimum Gasteiger partial charge on any atom is -0.497 e. The third-order valence-corrected chi connectivity index (χ3v) is 4.23. The van der Waals surface area contributed by atoms with E-state index in [9.17, 15) is 9.59 Å². The quantitative estimate of drug-likeness (QED) is 0.544. The molecule has 0 saturated heterocycles. The number of ether oxygens (including phenoxy) is 3. The lowest BCUT2D eigenvalue weighted by molar-refractivity contribution is -0.117. The van der Waals surface area contributed by atoms with Gasteiger partial charge in [-0.1, -0.05) is 6.07 Å². The van der Waals surface area contributed by atoms with Crippen molar-refractivity contribution >= 4 is 22.6 Å². The second-order valence-electron chi connectivity index (χ2n) is 5.81. The summed E-state index contributed by atoms with van der Waals surface area (Å²) >= 11 is 0. The molecule has 0 saturated carbocycles. The number of methoxy groups -OCH3 is 1. The van der Waals surface area contributed by atoms with Crippen LogP contribution in [0, 0.1) is 0 Å². The van der Waals surface area contributed by atoms with Crippen LogP contribution in [0.5, 0.6) is 17.2 Å². The number of nitrogens with one attached hydrogen (secondary N) is 2. The van der Waals surface area contributed by atoms with Crippen molar-refractivity contribution in [1.82, 2.24) is 10.3 Å². The maximum atomic E-state index is 12.5. The number of amides is 1. The first-order valence-corrected chi connectivity index (χ1v) is 8.02. The summed E-state index contributed by atoms with van der Waals surface area (Å²) in [6, 6.07) is 10.7. The Balaban J connectivity index is 1.49. The lowest BCUT2D eigenvalue weighted by atomic mass is 10.1. The van der Waals surface area contributed by atoms with E-state index in [1.165, 1.54) is 6.20 Å². The molecule has 0 atom stereocenters. The molecule has 1 amide bonds. The molecular formula is C19H16N2O5. The Bertz CT molecular complexity index is 1010. The number of Topliss-reactive ketones (excluding diaryl/α,β-unsaturated/α-hetero) is 1. The summed E-state index contributed by atoms with van der Waals surface area (Å²) in [4.78, 5) is 27.8. The first kappa shape index (κ1) is 16.0. The number of carbonyl (C=O) groups excluding carboxylic acids is 2. The fourth-order valence-corrected chi connectivity index (χ4v) is 2.85. The molecular weight excluding hydrogens is 336 g/mol. The summed E-state index contributed by atoms with van der Waals surface area (Å²) in [6.07, 6.45) is 1.53. The highest BCUT2D eigenvalue weighted by atomic mass is 16.7. The van der Waals surface area contributed by atoms with Crippen LogP contribution in [0.3, 0.4) is 0 Å². The van der Waals surface area contributed by atoms with E-state index in [0.29, 0.717) is 28.2 Å². The van der Waals surface area contributed by atoms with Gasteiger partial charge in [0.25, 0.3) is 11.7 Å². The zero-order chi connectivity index (χ0) is 18.1. The van der Waals surface area contributed by atoms with Gasteiger partial charge >= 0.3 is 0 Å². The van der Waals surface area contributed by atoms with Crippen LogP contribution in [0.25, 0.3) is 10.9 Å². The third-order valence-electron chi connectivity index (χ3n) is 4.23. The van der Waals surface area contributed by atoms with E-state index in [-0.39, 0.29) is 13.3 Å². The Morgan fingerprint density at radius 3 is 2.85 bits per heavy atom. The van der Waals surface area contributed by atoms with Crippen LogP contribution >= 0.6 is 0 Å². The van der Waals surface area contributed by atoms with Crippen molar-refractivity contribution in [3.63, 3.8) is 0 Å². The van der Waals surface area contributed by atoms with Crippen molar-refractivity contribution in [3.05, 3.63) is 53.7 Å². The van der Waals surface area contributed by atoms with Crippen LogP contribution in [0.2, 0.25) is 0 Å². The molecule has 1 aliphatic rings. The van der Waals surface area contributed by atoms with Gasteiger partial charge in [0.15, 0.2) is 11.5 Å². The summed E-state index contributed by atoms with van der Waals surface area (Å²) < 4.78 is 15.7. The van der Waals surface area contributed by atoms with Gasteiger partial charge in [-0.05, 0) is 35.9 Å². The molecule has 1 aromatic heterocycles. The highest BCUT2D eigenvalue weighted by Gasteiger charge is 2.20. The van der Waals surface area contributed by atoms with Gasteiger partial charge in [-0.15, -0.1) is 0 Å². The van der Waals surface area contributed by atoms with Crippen LogP contribution in [0.15, 0.2) is 42.6 Å². The molecule has 2 aromatic carbocycles. The Hall–Kier alpha value is -3.48. The van der Waals surface area contributed by atoms with Crippen molar-refractivity contribution in [2.24, 2.45) is 0 Å². The number of hydrogen-bond acceptors (Lipinski definition) is 5. The number of ketones is 1. The fraction of sp³-hybridized carbons (Fsp3) is 0.158. The van der Waals surface area contributed by atoms with Gasteiger partial charge in [0, 0.05) is 23.6 Å². The molecule has 0 spiro atoms. The van der Waals surface area contributed by atoms with Gasteiger partial charge in [0.05, 0.1) is 12.7 Å². The number of hydrogen-bond donors (Lipinski definition) is 2. The molecule has 7 heteroatoms. The molecule has 3 aromatic rings. The van der Waals surface area contributed by atoms with Crippen molar-refractivity contribution in [2.45, 2.75) is 6.54 Å². The van der Waals surface area contributed by atoms with Gasteiger partial charge in [0.1, 0.15) is 5.75 Å². The van der Waals surface area contributed by atoms with Gasteiger partial charge in [-0.2, -0.15) is 0 Å². The van der Waals surface area contributed by atoms with E-state index in [2.05, 4.69) is 10.3 Å². The topological polar surface area (TPSA) is 89.7 Å². The monoisotopic (exact) mass is 352 g/mol. The van der Waals surface area contributed by atoms with Crippen molar-refractivity contribution in [2.75, 3.05) is 13.9 Å². The number of aromatic nitrogens is 1. The average molecular weight is 352 g/mol. The molecule has 4 rings (SSSR count). The summed E-state index contributed by atoms with van der Waals surface area (Å²) in [5.41, 5.74) is 1.89. The summed E-state index contributed by atoms with van der Waals surface area (Å²) in [7, 11) is 1.55. The normalized spacial score (nSPS) is 12.2. The van der Waals surface area contributed by atoms with Crippen LogP contribution in [-0.2, 0) is 11.3 Å². The maximum absolute atomic E-state index is 12.5. The SMILES string of the molecule is COc1ccc2[nH]cc(C(=O)C(=O)NCc3ccc4c(c3)OCO4)c2c1. The van der Waals surface area contributed by atoms with Crippen LogP contribution in [-0.4, -0.2) is 30.6 Å². The Labute approximate surface area is 148 Å². The predicted molar refractivity (Wildman–Crippen MR) is 93.6 cm³/mol. The zero-order valence-corrected chi connectivity index (χ0v) is 14.0. The standard InChI is InChI=1S/C19H16N2O5/c1-24-12-3-4-15-13(7-12)14(9-20-15)18(22)19(23)21-8-11-2-5-16-17(6-11)26-10-25-16/h2-7,9,20H,8,10H2,1H3,(H,21,23). The minimum atomic E-state index is -0.675. The Morgan fingerprint density at radius 1 is 1.15 bits per heavy atom. The summed E-state index contributed by atoms with van der Waals surface area (Å²) in [5.74, 6) is 0.638. The molecule has 0 unspecified atom stereocenters. The van der Waals surface area contributed by atoms with Gasteiger partial charge in [-0.25, -0.2) is 0 Å². The van der Waals surface area contributed by atoms with Crippen LogP contribution in [0.1, 0.15) is 15.9 Å². The van der Waals surface area contributed by atoms with Crippen LogP contribution < -0.4 is 19.5 Å². The van der Waals surface area contributed by atoms with E-state index < -0.39 is 11.7 Å². The first-order chi connectivity index (χ1) is 12.7. The molecule has 2 N–H and O–H groups in total. The highest BCUT2D eigenvalue weighted by molar-refractivity contribution is 6.44. The van der Waals surface area contributed by atoms with Gasteiger partial charge in [0.2, 0.25) is 6.79 Å². The largest absolute Gasteiger partial charge is 0.497 e. The Morgan fingerprint density at radius 2 is 2.00 bits per heavy atom. The van der Waals surface area contributed by atoms with E-state index >= 15 is 0 Å². The van der Waals surface area contributed by atoms with E-state index in [4.69, 9.17) is 14.2 Å². The second-order valence-corrected chi connectivity index (χ2v) is 5.81. The van der Waals surface area contributed by atoms with E-state index in [1.807, 2.05) is 6.07 Å². The molecule has 7 nitrogen and oxygen atoms in total. The lowest BCUT2D eigenvalue weighted by Crippen LogP contribution is -2.30. The van der Waals surface area contributed by atoms with E-state index in [0.717, 1.165) is 11.1 Å². The smallest absolute Gasteiger partial charge is 0.292 e. The van der Waals surface area contributed by atoms with Crippen LogP contribution in [0.4, 0.5) is 0 Å². The highest BCUT2D eigenvalue weighted by Crippen LogP contribution is 2.32. The summed E-state index contributed by atoms with van der Waals surface area (Å²) in [5, 5.41) is 3.29. The van der Waals surface area contributed by atoms with Crippen molar-refractivity contribution in [3.8, 4) is 17.2 Å². The Kier molecular flexibility index (Phi) is 3.96. The van der Waals surface area contributed by atoms with Crippen molar-refractivity contribution in [1.29, 1.82) is 0 Å². The predicted octanol–water partition coefficient (Wildman–Crippen LogP) is 2.40. The molecule has 2 heterocycles. The molecule has 0 aliphatic carbocycles. The number of rotatable bonds is 5. The van der Waals surface area contributed by atoms with Gasteiger partial charge in [-0.3, -0.25) is 9.59 Å². The average Bonchev–Trinajstić information content (AvgIpc) is 3.30. The molecule has 1 aliphatic heterocycles. The van der Waals surface area contributed by atoms with E-state index in [1.54, 1.807) is 37.4 Å². The first-order valence-electron chi connectivity index (χ1n) is 8.02. The van der Waals surface area contributed by atoms with Crippen molar-refractivity contribution < 1.29 is 23.8 Å².